The number of tetrazole rings is 1. The summed E-state index contributed by atoms with van der Waals surface area (Å²) in [5.41, 5.74) is 2.83. The zero-order valence-electron chi connectivity index (χ0n) is 20.2. The van der Waals surface area contributed by atoms with Gasteiger partial charge in [0.1, 0.15) is 6.17 Å². The Kier molecular flexibility index (Phi) is 7.41. The van der Waals surface area contributed by atoms with E-state index in [0.29, 0.717) is 45.3 Å². The SMILES string of the molecule is CCC(=O)N1CCC(NCC2CCCCC2F)(c2nnnn2-c2c(C)cccc2CC)CC1. The lowest BCUT2D eigenvalue weighted by Gasteiger charge is -2.42. The Hall–Kier alpha value is -2.35. The summed E-state index contributed by atoms with van der Waals surface area (Å²) in [6.45, 7) is 8.01. The standard InChI is InChI=1S/C25H37FN6O/c1-4-19-11-8-9-18(3)23(19)32-24(28-29-30-32)25(13-15-31(16-14-25)22(33)5-2)27-17-20-10-6-7-12-21(20)26/h8-9,11,20-21,27H,4-7,10,12-17H2,1-3H3. The molecule has 33 heavy (non-hydrogen) atoms. The van der Waals surface area contributed by atoms with Gasteiger partial charge >= 0.3 is 0 Å². The van der Waals surface area contributed by atoms with Gasteiger partial charge in [-0.3, -0.25) is 4.79 Å². The molecule has 2 heterocycles. The number of rotatable bonds is 7. The van der Waals surface area contributed by atoms with Crippen LogP contribution in [0.4, 0.5) is 4.39 Å². The Morgan fingerprint density at radius 3 is 2.67 bits per heavy atom. The average Bonchev–Trinajstić information content (AvgIpc) is 3.33. The van der Waals surface area contributed by atoms with Crippen molar-refractivity contribution in [3.63, 3.8) is 0 Å². The third-order valence-corrected chi connectivity index (χ3v) is 7.60. The number of benzene rings is 1. The van der Waals surface area contributed by atoms with Crippen molar-refractivity contribution in [1.82, 2.24) is 30.4 Å². The van der Waals surface area contributed by atoms with Crippen LogP contribution in [-0.4, -0.2) is 56.8 Å². The lowest BCUT2D eigenvalue weighted by atomic mass is 9.83. The van der Waals surface area contributed by atoms with Crippen LogP contribution in [0.3, 0.4) is 0 Å². The number of carbonyl (C=O) groups excluding carboxylic acids is 1. The molecule has 1 aliphatic carbocycles. The maximum Gasteiger partial charge on any atom is 0.222 e. The van der Waals surface area contributed by atoms with E-state index < -0.39 is 11.7 Å². The van der Waals surface area contributed by atoms with Gasteiger partial charge in [-0.05, 0) is 60.6 Å². The number of amides is 1. The van der Waals surface area contributed by atoms with Gasteiger partial charge in [0.05, 0.1) is 11.2 Å². The van der Waals surface area contributed by atoms with Gasteiger partial charge in [0.2, 0.25) is 5.91 Å². The number of hydrogen-bond donors (Lipinski definition) is 1. The van der Waals surface area contributed by atoms with Gasteiger partial charge in [0.25, 0.3) is 0 Å². The van der Waals surface area contributed by atoms with Crippen LogP contribution in [0.2, 0.25) is 0 Å². The van der Waals surface area contributed by atoms with Gasteiger partial charge in [-0.2, -0.15) is 4.68 Å². The number of alkyl halides is 1. The van der Waals surface area contributed by atoms with E-state index in [2.05, 4.69) is 52.9 Å². The summed E-state index contributed by atoms with van der Waals surface area (Å²) < 4.78 is 16.5. The summed E-state index contributed by atoms with van der Waals surface area (Å²) in [6.07, 6.45) is 5.65. The number of nitrogens with zero attached hydrogens (tertiary/aromatic N) is 5. The number of aryl methyl sites for hydroxylation is 2. The highest BCUT2D eigenvalue weighted by molar-refractivity contribution is 5.75. The fourth-order valence-corrected chi connectivity index (χ4v) is 5.50. The number of piperidine rings is 1. The first kappa shape index (κ1) is 23.8. The molecule has 1 saturated heterocycles. The van der Waals surface area contributed by atoms with Crippen LogP contribution in [0, 0.1) is 12.8 Å². The zero-order chi connectivity index (χ0) is 23.4. The van der Waals surface area contributed by atoms with E-state index in [1.54, 1.807) is 0 Å². The van der Waals surface area contributed by atoms with E-state index in [4.69, 9.17) is 0 Å². The molecule has 1 aromatic heterocycles. The monoisotopic (exact) mass is 456 g/mol. The Bertz CT molecular complexity index is 952. The molecule has 1 N–H and O–H groups in total. The molecule has 180 valence electrons. The first-order valence-corrected chi connectivity index (χ1v) is 12.5. The van der Waals surface area contributed by atoms with Gasteiger partial charge < -0.3 is 10.2 Å². The summed E-state index contributed by atoms with van der Waals surface area (Å²) in [5.74, 6) is 0.952. The van der Waals surface area contributed by atoms with Crippen LogP contribution in [0.15, 0.2) is 18.2 Å². The maximum atomic E-state index is 14.6. The molecule has 2 atom stereocenters. The van der Waals surface area contributed by atoms with Gasteiger partial charge in [0, 0.05) is 32.0 Å². The Labute approximate surface area is 196 Å². The third kappa shape index (κ3) is 4.81. The van der Waals surface area contributed by atoms with E-state index in [1.165, 1.54) is 5.56 Å². The molecule has 2 aromatic rings. The second kappa shape index (κ2) is 10.3. The highest BCUT2D eigenvalue weighted by Crippen LogP contribution is 2.35. The molecule has 1 aromatic carbocycles. The van der Waals surface area contributed by atoms with Crippen molar-refractivity contribution < 1.29 is 9.18 Å². The molecular weight excluding hydrogens is 419 g/mol. The molecule has 4 rings (SSSR count). The third-order valence-electron chi connectivity index (χ3n) is 7.60. The van der Waals surface area contributed by atoms with Crippen LogP contribution in [0.25, 0.3) is 5.69 Å². The van der Waals surface area contributed by atoms with Gasteiger partial charge in [-0.15, -0.1) is 5.10 Å². The fourth-order valence-electron chi connectivity index (χ4n) is 5.50. The van der Waals surface area contributed by atoms with Crippen molar-refractivity contribution >= 4 is 5.91 Å². The normalized spacial score (nSPS) is 23.0. The highest BCUT2D eigenvalue weighted by atomic mass is 19.1. The van der Waals surface area contributed by atoms with Gasteiger partial charge in [0.15, 0.2) is 5.82 Å². The van der Waals surface area contributed by atoms with E-state index >= 15 is 0 Å². The van der Waals surface area contributed by atoms with Crippen LogP contribution in [-0.2, 0) is 16.8 Å². The van der Waals surface area contributed by atoms with Crippen LogP contribution in [0.1, 0.15) is 75.7 Å². The average molecular weight is 457 g/mol. The molecule has 2 aliphatic rings. The van der Waals surface area contributed by atoms with Crippen molar-refractivity contribution in [2.24, 2.45) is 5.92 Å². The molecule has 0 radical (unpaired) electrons. The van der Waals surface area contributed by atoms with Crippen molar-refractivity contribution in [2.45, 2.75) is 83.8 Å². The summed E-state index contributed by atoms with van der Waals surface area (Å²) in [6, 6.07) is 6.26. The first-order valence-electron chi connectivity index (χ1n) is 12.5. The van der Waals surface area contributed by atoms with E-state index in [0.717, 1.165) is 42.8 Å². The van der Waals surface area contributed by atoms with Crippen molar-refractivity contribution in [3.05, 3.63) is 35.2 Å². The quantitative estimate of drug-likeness (QED) is 0.684. The smallest absolute Gasteiger partial charge is 0.222 e. The molecular formula is C25H37FN6O. The number of hydrogen-bond acceptors (Lipinski definition) is 5. The predicted molar refractivity (Wildman–Crippen MR) is 126 cm³/mol. The minimum atomic E-state index is -0.760. The first-order chi connectivity index (χ1) is 16.0. The Balaban J connectivity index is 1.68. The minimum absolute atomic E-state index is 0.0138. The van der Waals surface area contributed by atoms with Gasteiger partial charge in [-0.1, -0.05) is 44.9 Å². The maximum absolute atomic E-state index is 14.6. The largest absolute Gasteiger partial charge is 0.343 e. The topological polar surface area (TPSA) is 75.9 Å². The summed E-state index contributed by atoms with van der Waals surface area (Å²) in [4.78, 5) is 14.3. The number of carbonyl (C=O) groups is 1. The lowest BCUT2D eigenvalue weighted by molar-refractivity contribution is -0.132. The molecule has 2 unspecified atom stereocenters. The van der Waals surface area contributed by atoms with Gasteiger partial charge in [-0.25, -0.2) is 4.39 Å². The Morgan fingerprint density at radius 2 is 1.97 bits per heavy atom. The number of halogens is 1. The second-order valence-electron chi connectivity index (χ2n) is 9.61. The molecule has 8 heteroatoms. The van der Waals surface area contributed by atoms with E-state index in [1.807, 2.05) is 16.5 Å². The highest BCUT2D eigenvalue weighted by Gasteiger charge is 2.42. The number of likely N-dealkylation sites (tertiary alicyclic amines) is 1. The molecule has 1 amide bonds. The molecule has 7 nitrogen and oxygen atoms in total. The molecule has 0 spiro atoms. The molecule has 0 bridgehead atoms. The summed E-state index contributed by atoms with van der Waals surface area (Å²) in [5, 5.41) is 16.8. The summed E-state index contributed by atoms with van der Waals surface area (Å²) in [7, 11) is 0. The van der Waals surface area contributed by atoms with E-state index in [9.17, 15) is 9.18 Å². The number of para-hydroxylation sites is 1. The fraction of sp³-hybridized carbons (Fsp3) is 0.680. The van der Waals surface area contributed by atoms with Crippen LogP contribution >= 0.6 is 0 Å². The van der Waals surface area contributed by atoms with Crippen molar-refractivity contribution in [1.29, 1.82) is 0 Å². The van der Waals surface area contributed by atoms with Crippen molar-refractivity contribution in [3.8, 4) is 5.69 Å². The number of aromatic nitrogens is 4. The lowest BCUT2D eigenvalue weighted by Crippen LogP contribution is -2.55. The van der Waals surface area contributed by atoms with E-state index in [-0.39, 0.29) is 11.8 Å². The van der Waals surface area contributed by atoms with Crippen molar-refractivity contribution in [2.75, 3.05) is 19.6 Å². The van der Waals surface area contributed by atoms with Crippen LogP contribution in [0.5, 0.6) is 0 Å². The Morgan fingerprint density at radius 1 is 1.21 bits per heavy atom. The zero-order valence-corrected chi connectivity index (χ0v) is 20.2. The second-order valence-corrected chi connectivity index (χ2v) is 9.61. The molecule has 1 aliphatic heterocycles. The predicted octanol–water partition coefficient (Wildman–Crippen LogP) is 3.88. The summed E-state index contributed by atoms with van der Waals surface area (Å²) >= 11 is 0. The van der Waals surface area contributed by atoms with Crippen LogP contribution < -0.4 is 5.32 Å². The number of nitrogens with one attached hydrogen (secondary N) is 1. The molecule has 2 fully saturated rings. The minimum Gasteiger partial charge on any atom is -0.343 e. The molecule has 1 saturated carbocycles.